The zero-order chi connectivity index (χ0) is 31.7. The summed E-state index contributed by atoms with van der Waals surface area (Å²) < 4.78 is 64.8. The molecule has 3 aromatic carbocycles. The van der Waals surface area contributed by atoms with Gasteiger partial charge in [0.1, 0.15) is 17.8 Å². The number of rotatable bonds is 10. The minimum Gasteiger partial charge on any atom is -0.494 e. The zero-order valence-corrected chi connectivity index (χ0v) is 23.5. The minimum atomic E-state index is -5.08. The third-order valence-corrected chi connectivity index (χ3v) is 5.58. The number of carboxylic acids is 1. The number of amidine groups is 1. The van der Waals surface area contributed by atoms with Crippen LogP contribution in [0.4, 0.5) is 28.9 Å². The molecule has 0 atom stereocenters. The summed E-state index contributed by atoms with van der Waals surface area (Å²) in [6, 6.07) is 19.8. The van der Waals surface area contributed by atoms with E-state index in [0.717, 1.165) is 5.56 Å². The van der Waals surface area contributed by atoms with E-state index in [-0.39, 0.29) is 29.9 Å². The average molecular weight is 603 g/mol. The van der Waals surface area contributed by atoms with Crippen LogP contribution in [0.2, 0.25) is 0 Å². The molecule has 0 saturated carbocycles. The van der Waals surface area contributed by atoms with Gasteiger partial charge in [0, 0.05) is 28.9 Å². The van der Waals surface area contributed by atoms with E-state index in [1.165, 1.54) is 0 Å². The first-order valence-electron chi connectivity index (χ1n) is 12.9. The molecule has 228 valence electrons. The van der Waals surface area contributed by atoms with Crippen molar-refractivity contribution in [1.82, 2.24) is 4.98 Å². The molecule has 0 bridgehead atoms. The smallest absolute Gasteiger partial charge is 0.490 e. The second-order valence-electron chi connectivity index (χ2n) is 9.21. The highest BCUT2D eigenvalue weighted by molar-refractivity contribution is 5.95. The summed E-state index contributed by atoms with van der Waals surface area (Å²) in [5.74, 6) is -2.26. The number of anilines is 2. The molecule has 0 saturated heterocycles. The van der Waals surface area contributed by atoms with Gasteiger partial charge in [-0.05, 0) is 57.2 Å². The number of carbonyl (C=O) groups is 1. The van der Waals surface area contributed by atoms with Gasteiger partial charge in [-0.1, -0.05) is 18.2 Å². The Morgan fingerprint density at radius 1 is 1.12 bits per heavy atom. The average Bonchev–Trinajstić information content (AvgIpc) is 3.42. The lowest BCUT2D eigenvalue weighted by atomic mass is 10.1. The van der Waals surface area contributed by atoms with Crippen molar-refractivity contribution in [2.45, 2.75) is 39.6 Å². The Balaban J connectivity index is 0.000000646. The van der Waals surface area contributed by atoms with Crippen molar-refractivity contribution in [3.05, 3.63) is 90.1 Å². The Morgan fingerprint density at radius 3 is 2.28 bits per heavy atom. The second-order valence-corrected chi connectivity index (χ2v) is 9.21. The van der Waals surface area contributed by atoms with Gasteiger partial charge in [-0.2, -0.15) is 13.2 Å². The van der Waals surface area contributed by atoms with Crippen LogP contribution in [0.5, 0.6) is 11.5 Å². The molecule has 0 amide bonds. The number of carboxylic acid groups (broad SMARTS) is 1. The van der Waals surface area contributed by atoms with Crippen LogP contribution in [-0.2, 0) is 11.3 Å². The van der Waals surface area contributed by atoms with Crippen molar-refractivity contribution in [3.63, 3.8) is 0 Å². The van der Waals surface area contributed by atoms with Gasteiger partial charge in [-0.25, -0.2) is 14.2 Å². The molecule has 43 heavy (non-hydrogen) atoms. The maximum Gasteiger partial charge on any atom is 0.490 e. The summed E-state index contributed by atoms with van der Waals surface area (Å²) >= 11 is 0. The van der Waals surface area contributed by atoms with Crippen LogP contribution in [0, 0.1) is 11.2 Å². The molecule has 13 heteroatoms. The summed E-state index contributed by atoms with van der Waals surface area (Å²) in [4.78, 5) is 15.3. The van der Waals surface area contributed by atoms with Gasteiger partial charge in [-0.3, -0.25) is 5.41 Å². The molecule has 0 radical (unpaired) electrons. The number of oxazole rings is 1. The maximum atomic E-state index is 15.8. The predicted octanol–water partition coefficient (Wildman–Crippen LogP) is 6.92. The fourth-order valence-corrected chi connectivity index (χ4v) is 3.74. The number of hydrogen-bond donors (Lipinski definition) is 3. The number of nitrogen functional groups attached to an aromatic ring is 1. The Hall–Kier alpha value is -5.07. The van der Waals surface area contributed by atoms with Crippen LogP contribution >= 0.6 is 0 Å². The van der Waals surface area contributed by atoms with Crippen molar-refractivity contribution >= 4 is 23.2 Å². The minimum absolute atomic E-state index is 0.0470. The first-order valence-corrected chi connectivity index (χ1v) is 12.9. The molecule has 4 aromatic rings. The molecule has 1 heterocycles. The van der Waals surface area contributed by atoms with E-state index in [9.17, 15) is 13.2 Å². The van der Waals surface area contributed by atoms with Gasteiger partial charge in [0.15, 0.2) is 11.6 Å². The first-order chi connectivity index (χ1) is 20.3. The number of ether oxygens (including phenoxy) is 2. The molecule has 0 fully saturated rings. The molecular formula is C30H30F4N4O5. The van der Waals surface area contributed by atoms with E-state index >= 15 is 4.39 Å². The Morgan fingerprint density at radius 2 is 1.74 bits per heavy atom. The number of aliphatic carboxylic acids is 1. The Kier molecular flexibility index (Phi) is 10.7. The van der Waals surface area contributed by atoms with Crippen molar-refractivity contribution in [1.29, 1.82) is 5.41 Å². The highest BCUT2D eigenvalue weighted by atomic mass is 19.4. The quantitative estimate of drug-likeness (QED) is 0.101. The normalized spacial score (nSPS) is 11.0. The van der Waals surface area contributed by atoms with Gasteiger partial charge >= 0.3 is 12.1 Å². The second kappa shape index (κ2) is 14.2. The van der Waals surface area contributed by atoms with Crippen LogP contribution in [0.15, 0.2) is 77.4 Å². The monoisotopic (exact) mass is 602 g/mol. The highest BCUT2D eigenvalue weighted by Gasteiger charge is 2.38. The molecule has 0 aliphatic heterocycles. The van der Waals surface area contributed by atoms with Gasteiger partial charge in [0.05, 0.1) is 30.6 Å². The van der Waals surface area contributed by atoms with E-state index in [2.05, 4.69) is 4.98 Å². The molecule has 0 aliphatic rings. The number of halogens is 4. The molecular weight excluding hydrogens is 572 g/mol. The molecule has 0 spiro atoms. The molecule has 0 aliphatic carbocycles. The highest BCUT2D eigenvalue weighted by Crippen LogP contribution is 2.38. The van der Waals surface area contributed by atoms with Crippen LogP contribution < -0.4 is 20.1 Å². The van der Waals surface area contributed by atoms with Crippen LogP contribution in [0.3, 0.4) is 0 Å². The van der Waals surface area contributed by atoms with Crippen LogP contribution in [0.25, 0.3) is 11.5 Å². The van der Waals surface area contributed by atoms with Crippen molar-refractivity contribution in [2.75, 3.05) is 11.5 Å². The number of nitrogens with zero attached hydrogens (tertiary/aromatic N) is 2. The number of nitrogens with two attached hydrogens (primary N) is 1. The number of alkyl halides is 3. The zero-order valence-electron chi connectivity index (χ0n) is 23.5. The van der Waals surface area contributed by atoms with Crippen molar-refractivity contribution in [2.24, 2.45) is 5.73 Å². The maximum absolute atomic E-state index is 15.8. The van der Waals surface area contributed by atoms with Crippen molar-refractivity contribution in [3.8, 4) is 23.0 Å². The number of hydrogen-bond acceptors (Lipinski definition) is 7. The summed E-state index contributed by atoms with van der Waals surface area (Å²) in [6.07, 6.45) is -3.74. The molecule has 4 rings (SSSR count). The lowest BCUT2D eigenvalue weighted by Crippen LogP contribution is -2.21. The third-order valence-electron chi connectivity index (χ3n) is 5.58. The summed E-state index contributed by atoms with van der Waals surface area (Å²) in [6.45, 7) is 6.17. The fraction of sp³-hybridized carbons (Fsp3) is 0.233. The summed E-state index contributed by atoms with van der Waals surface area (Å²) in [5, 5.41) is 14.8. The number of benzene rings is 3. The lowest BCUT2D eigenvalue weighted by Gasteiger charge is -2.26. The van der Waals surface area contributed by atoms with Gasteiger partial charge in [0.2, 0.25) is 5.89 Å². The topological polar surface area (TPSA) is 135 Å². The van der Waals surface area contributed by atoms with E-state index in [0.29, 0.717) is 35.2 Å². The Labute approximate surface area is 245 Å². The van der Waals surface area contributed by atoms with E-state index in [4.69, 9.17) is 34.9 Å². The van der Waals surface area contributed by atoms with Gasteiger partial charge < -0.3 is 29.6 Å². The molecule has 9 nitrogen and oxygen atoms in total. The van der Waals surface area contributed by atoms with Crippen LogP contribution in [0.1, 0.15) is 32.0 Å². The standard InChI is InChI=1S/C28H29FN4O3.C2HF3O2/c1-4-34-23-14-24(26(29)25(15-23)36-18(2)3)33(22-12-10-19(11-13-22)27(30)31)16-21-17-35-28(32-21)20-8-6-5-7-9-20;3-2(4,5)1(6)7/h5-15,17-18H,4,16H2,1-3H3,(H3,30,31);(H,6,7). The van der Waals surface area contributed by atoms with E-state index < -0.39 is 18.0 Å². The number of aromatic nitrogens is 1. The summed E-state index contributed by atoms with van der Waals surface area (Å²) in [5.41, 5.74) is 8.59. The van der Waals surface area contributed by atoms with Crippen molar-refractivity contribution < 1.29 is 41.4 Å². The predicted molar refractivity (Wildman–Crippen MR) is 152 cm³/mol. The van der Waals surface area contributed by atoms with E-state index in [1.54, 1.807) is 47.6 Å². The number of nitrogens with one attached hydrogen (secondary N) is 1. The third kappa shape index (κ3) is 8.96. The summed E-state index contributed by atoms with van der Waals surface area (Å²) in [7, 11) is 0. The SMILES string of the molecule is CCOc1cc(OC(C)C)c(F)c(N(Cc2coc(-c3ccccc3)n2)c2ccc(C(=N)N)cc2)c1.O=C(O)C(F)(F)F. The van der Waals surface area contributed by atoms with E-state index in [1.807, 2.05) is 51.1 Å². The fourth-order valence-electron chi connectivity index (χ4n) is 3.74. The molecule has 0 unspecified atom stereocenters. The molecule has 1 aromatic heterocycles. The van der Waals surface area contributed by atoms with Crippen LogP contribution in [-0.4, -0.2) is 40.8 Å². The largest absolute Gasteiger partial charge is 0.494 e. The molecule has 4 N–H and O–H groups in total. The lowest BCUT2D eigenvalue weighted by molar-refractivity contribution is -0.192. The van der Waals surface area contributed by atoms with Gasteiger partial charge in [0.25, 0.3) is 0 Å². The first kappa shape index (κ1) is 32.4. The van der Waals surface area contributed by atoms with Gasteiger partial charge in [-0.15, -0.1) is 0 Å². The Bertz CT molecular complexity index is 1520.